The molecule has 0 fully saturated rings. The summed E-state index contributed by atoms with van der Waals surface area (Å²) >= 11 is 1.44. The zero-order valence-electron chi connectivity index (χ0n) is 20.1. The van der Waals surface area contributed by atoms with Crippen molar-refractivity contribution in [1.29, 1.82) is 0 Å². The molecule has 2 heterocycles. The Morgan fingerprint density at radius 2 is 1.69 bits per heavy atom. The number of rotatable bonds is 7. The largest absolute Gasteiger partial charge is 0.497 e. The standard InChI is InChI=1S/C27H24N6O2S/c1-17-15-18(2)29-27(28-17)36-16-24-25(31-32-33(24)20-11-13-21(35-3)14-12-20)26(34)30-23-10-6-8-19-7-4-5-9-22(19)23/h4-15H,16H2,1-3H3,(H,30,34). The number of amides is 1. The summed E-state index contributed by atoms with van der Waals surface area (Å²) in [4.78, 5) is 22.5. The minimum atomic E-state index is -0.331. The van der Waals surface area contributed by atoms with Gasteiger partial charge in [0.05, 0.1) is 18.5 Å². The van der Waals surface area contributed by atoms with Gasteiger partial charge in [-0.1, -0.05) is 53.4 Å². The molecular weight excluding hydrogens is 472 g/mol. The van der Waals surface area contributed by atoms with Crippen LogP contribution in [0.25, 0.3) is 16.5 Å². The highest BCUT2D eigenvalue weighted by molar-refractivity contribution is 7.98. The van der Waals surface area contributed by atoms with Gasteiger partial charge in [-0.2, -0.15) is 0 Å². The first-order valence-corrected chi connectivity index (χ1v) is 12.3. The van der Waals surface area contributed by atoms with Gasteiger partial charge in [-0.25, -0.2) is 14.6 Å². The first kappa shape index (κ1) is 23.5. The summed E-state index contributed by atoms with van der Waals surface area (Å²) < 4.78 is 6.95. The average Bonchev–Trinajstić information content (AvgIpc) is 3.31. The Balaban J connectivity index is 1.50. The number of aromatic nitrogens is 5. The van der Waals surface area contributed by atoms with Crippen molar-refractivity contribution in [3.63, 3.8) is 0 Å². The number of hydrogen-bond acceptors (Lipinski definition) is 7. The van der Waals surface area contributed by atoms with Crippen molar-refractivity contribution in [2.75, 3.05) is 12.4 Å². The second kappa shape index (κ2) is 10.2. The smallest absolute Gasteiger partial charge is 0.278 e. The lowest BCUT2D eigenvalue weighted by Gasteiger charge is -2.10. The molecule has 0 atom stereocenters. The molecule has 0 radical (unpaired) electrons. The number of anilines is 1. The van der Waals surface area contributed by atoms with E-state index in [1.165, 1.54) is 11.8 Å². The molecule has 8 nitrogen and oxygen atoms in total. The van der Waals surface area contributed by atoms with Crippen molar-refractivity contribution in [2.45, 2.75) is 24.8 Å². The third kappa shape index (κ3) is 4.92. The first-order chi connectivity index (χ1) is 17.5. The molecule has 36 heavy (non-hydrogen) atoms. The van der Waals surface area contributed by atoms with Crippen LogP contribution in [0.3, 0.4) is 0 Å². The molecular formula is C27H24N6O2S. The van der Waals surface area contributed by atoms with Crippen molar-refractivity contribution in [3.8, 4) is 11.4 Å². The third-order valence-corrected chi connectivity index (χ3v) is 6.49. The van der Waals surface area contributed by atoms with Crippen LogP contribution >= 0.6 is 11.8 Å². The Kier molecular flexibility index (Phi) is 6.64. The van der Waals surface area contributed by atoms with Gasteiger partial charge < -0.3 is 10.1 Å². The fourth-order valence-corrected chi connectivity index (χ4v) is 4.89. The molecule has 0 saturated heterocycles. The summed E-state index contributed by atoms with van der Waals surface area (Å²) in [5.74, 6) is 0.802. The number of hydrogen-bond donors (Lipinski definition) is 1. The molecule has 0 saturated carbocycles. The summed E-state index contributed by atoms with van der Waals surface area (Å²) in [5, 5.41) is 14.3. The number of methoxy groups -OCH3 is 1. The van der Waals surface area contributed by atoms with E-state index in [-0.39, 0.29) is 11.6 Å². The lowest BCUT2D eigenvalue weighted by molar-refractivity contribution is 0.102. The maximum absolute atomic E-state index is 13.5. The Hall–Kier alpha value is -4.24. The highest BCUT2D eigenvalue weighted by atomic mass is 32.2. The van der Waals surface area contributed by atoms with E-state index in [4.69, 9.17) is 4.74 Å². The summed E-state index contributed by atoms with van der Waals surface area (Å²) in [7, 11) is 1.62. The minimum absolute atomic E-state index is 0.246. The molecule has 0 aliphatic heterocycles. The van der Waals surface area contributed by atoms with Gasteiger partial charge in [0.1, 0.15) is 5.75 Å². The Morgan fingerprint density at radius 3 is 2.44 bits per heavy atom. The quantitative estimate of drug-likeness (QED) is 0.239. The van der Waals surface area contributed by atoms with Crippen LogP contribution in [0.2, 0.25) is 0 Å². The number of ether oxygens (including phenoxy) is 1. The fourth-order valence-electron chi connectivity index (χ4n) is 3.95. The Bertz CT molecular complexity index is 1520. The van der Waals surface area contributed by atoms with Crippen molar-refractivity contribution >= 4 is 34.1 Å². The van der Waals surface area contributed by atoms with Gasteiger partial charge in [-0.15, -0.1) is 5.10 Å². The lowest BCUT2D eigenvalue weighted by atomic mass is 10.1. The van der Waals surface area contributed by atoms with Crippen molar-refractivity contribution in [1.82, 2.24) is 25.0 Å². The predicted molar refractivity (Wildman–Crippen MR) is 141 cm³/mol. The highest BCUT2D eigenvalue weighted by Crippen LogP contribution is 2.27. The topological polar surface area (TPSA) is 94.8 Å². The summed E-state index contributed by atoms with van der Waals surface area (Å²) in [6, 6.07) is 23.1. The van der Waals surface area contributed by atoms with Crippen LogP contribution in [0.15, 0.2) is 78.0 Å². The monoisotopic (exact) mass is 496 g/mol. The van der Waals surface area contributed by atoms with Crippen LogP contribution in [0, 0.1) is 13.8 Å². The Labute approximate surface area is 212 Å². The molecule has 1 amide bonds. The zero-order chi connectivity index (χ0) is 25.1. The van der Waals surface area contributed by atoms with Crippen LogP contribution in [0.5, 0.6) is 5.75 Å². The van der Waals surface area contributed by atoms with Gasteiger partial charge in [0.25, 0.3) is 5.91 Å². The molecule has 0 spiro atoms. The third-order valence-electron chi connectivity index (χ3n) is 5.63. The molecule has 1 N–H and O–H groups in total. The van der Waals surface area contributed by atoms with Crippen molar-refractivity contribution in [3.05, 3.63) is 95.6 Å². The average molecular weight is 497 g/mol. The molecule has 180 valence electrons. The molecule has 0 aliphatic rings. The second-order valence-electron chi connectivity index (χ2n) is 8.20. The van der Waals surface area contributed by atoms with E-state index in [9.17, 15) is 4.79 Å². The van der Waals surface area contributed by atoms with Gasteiger partial charge in [-0.3, -0.25) is 4.79 Å². The molecule has 0 bridgehead atoms. The lowest BCUT2D eigenvalue weighted by Crippen LogP contribution is -2.15. The van der Waals surface area contributed by atoms with E-state index in [0.29, 0.717) is 22.3 Å². The van der Waals surface area contributed by atoms with E-state index in [0.717, 1.165) is 33.6 Å². The number of carbonyl (C=O) groups excluding carboxylic acids is 1. The van der Waals surface area contributed by atoms with E-state index in [2.05, 4.69) is 25.6 Å². The molecule has 3 aromatic carbocycles. The molecule has 2 aromatic heterocycles. The summed E-state index contributed by atoms with van der Waals surface area (Å²) in [5.41, 5.74) is 4.15. The second-order valence-corrected chi connectivity index (χ2v) is 9.14. The summed E-state index contributed by atoms with van der Waals surface area (Å²) in [6.07, 6.45) is 0. The maximum atomic E-state index is 13.5. The predicted octanol–water partition coefficient (Wildman–Crippen LogP) is 5.38. The number of aryl methyl sites for hydroxylation is 2. The highest BCUT2D eigenvalue weighted by Gasteiger charge is 2.22. The number of nitrogens with zero attached hydrogens (tertiary/aromatic N) is 5. The summed E-state index contributed by atoms with van der Waals surface area (Å²) in [6.45, 7) is 3.87. The van der Waals surface area contributed by atoms with E-state index < -0.39 is 0 Å². The molecule has 9 heteroatoms. The van der Waals surface area contributed by atoms with Gasteiger partial charge in [0, 0.05) is 28.2 Å². The number of thioether (sulfide) groups is 1. The van der Waals surface area contributed by atoms with Crippen LogP contribution in [0.1, 0.15) is 27.6 Å². The van der Waals surface area contributed by atoms with Gasteiger partial charge in [0.15, 0.2) is 10.9 Å². The van der Waals surface area contributed by atoms with Gasteiger partial charge >= 0.3 is 0 Å². The number of carbonyl (C=O) groups is 1. The van der Waals surface area contributed by atoms with E-state index >= 15 is 0 Å². The molecule has 0 aliphatic carbocycles. The SMILES string of the molecule is COc1ccc(-n2nnc(C(=O)Nc3cccc4ccccc34)c2CSc2nc(C)cc(C)n2)cc1. The fraction of sp³-hybridized carbons (Fsp3) is 0.148. The minimum Gasteiger partial charge on any atom is -0.497 e. The molecule has 5 rings (SSSR count). The van der Waals surface area contributed by atoms with Crippen LogP contribution in [0.4, 0.5) is 5.69 Å². The zero-order valence-corrected chi connectivity index (χ0v) is 20.9. The Morgan fingerprint density at radius 1 is 0.972 bits per heavy atom. The van der Waals surface area contributed by atoms with E-state index in [1.807, 2.05) is 86.6 Å². The van der Waals surface area contributed by atoms with Crippen molar-refractivity contribution in [2.24, 2.45) is 0 Å². The van der Waals surface area contributed by atoms with Crippen LogP contribution in [-0.4, -0.2) is 38.0 Å². The van der Waals surface area contributed by atoms with Gasteiger partial charge in [0.2, 0.25) is 0 Å². The van der Waals surface area contributed by atoms with Crippen LogP contribution < -0.4 is 10.1 Å². The normalized spacial score (nSPS) is 11.0. The first-order valence-electron chi connectivity index (χ1n) is 11.3. The van der Waals surface area contributed by atoms with E-state index in [1.54, 1.807) is 11.8 Å². The van der Waals surface area contributed by atoms with Gasteiger partial charge in [-0.05, 0) is 55.6 Å². The number of benzene rings is 3. The molecule has 0 unspecified atom stereocenters. The number of nitrogens with one attached hydrogen (secondary N) is 1. The maximum Gasteiger partial charge on any atom is 0.278 e. The molecule has 5 aromatic rings. The van der Waals surface area contributed by atoms with Crippen molar-refractivity contribution < 1.29 is 9.53 Å². The number of fused-ring (bicyclic) bond motifs is 1. The van der Waals surface area contributed by atoms with Crippen LogP contribution in [-0.2, 0) is 5.75 Å².